The summed E-state index contributed by atoms with van der Waals surface area (Å²) >= 11 is 0. The second kappa shape index (κ2) is 4.37. The van der Waals surface area contributed by atoms with Gasteiger partial charge in [0.2, 0.25) is 0 Å². The third-order valence-corrected chi connectivity index (χ3v) is 3.47. The van der Waals surface area contributed by atoms with Gasteiger partial charge in [0.05, 0.1) is 6.04 Å². The summed E-state index contributed by atoms with van der Waals surface area (Å²) in [6.45, 7) is 4.00. The average Bonchev–Trinajstić information content (AvgIpc) is 2.79. The molecule has 0 radical (unpaired) electrons. The van der Waals surface area contributed by atoms with Crippen LogP contribution < -0.4 is 11.3 Å². The van der Waals surface area contributed by atoms with Crippen molar-refractivity contribution in [3.63, 3.8) is 0 Å². The van der Waals surface area contributed by atoms with Gasteiger partial charge in [0.15, 0.2) is 0 Å². The molecule has 1 aromatic rings. The van der Waals surface area contributed by atoms with Crippen LogP contribution in [0.3, 0.4) is 0 Å². The zero-order valence-corrected chi connectivity index (χ0v) is 9.55. The van der Waals surface area contributed by atoms with E-state index >= 15 is 0 Å². The van der Waals surface area contributed by atoms with Gasteiger partial charge in [-0.05, 0) is 38.7 Å². The molecule has 0 spiro atoms. The lowest BCUT2D eigenvalue weighted by Gasteiger charge is -2.21. The standard InChI is InChI=1S/C12H20N2O/c1-8-7-11(9(2)15-8)12(14-13)10-5-3-4-6-10/h7,10,12,14H,3-6,13H2,1-2H3. The molecule has 1 saturated carbocycles. The fraction of sp³-hybridized carbons (Fsp3) is 0.667. The smallest absolute Gasteiger partial charge is 0.105 e. The Morgan fingerprint density at radius 3 is 2.53 bits per heavy atom. The molecule has 0 bridgehead atoms. The van der Waals surface area contributed by atoms with E-state index in [0.29, 0.717) is 5.92 Å². The number of hydrazine groups is 1. The SMILES string of the molecule is Cc1cc(C(NN)C2CCCC2)c(C)o1. The minimum absolute atomic E-state index is 0.268. The Morgan fingerprint density at radius 1 is 1.40 bits per heavy atom. The topological polar surface area (TPSA) is 51.2 Å². The van der Waals surface area contributed by atoms with Crippen molar-refractivity contribution in [3.8, 4) is 0 Å². The van der Waals surface area contributed by atoms with Crippen molar-refractivity contribution < 1.29 is 4.42 Å². The van der Waals surface area contributed by atoms with Gasteiger partial charge in [0.25, 0.3) is 0 Å². The van der Waals surface area contributed by atoms with Gasteiger partial charge < -0.3 is 4.42 Å². The van der Waals surface area contributed by atoms with Gasteiger partial charge in [0, 0.05) is 5.56 Å². The van der Waals surface area contributed by atoms with Crippen molar-refractivity contribution in [1.29, 1.82) is 0 Å². The summed E-state index contributed by atoms with van der Waals surface area (Å²) in [5.74, 6) is 8.32. The van der Waals surface area contributed by atoms with Crippen LogP contribution in [-0.4, -0.2) is 0 Å². The number of nitrogens with one attached hydrogen (secondary N) is 1. The molecule has 1 atom stereocenters. The lowest BCUT2D eigenvalue weighted by molar-refractivity contribution is 0.367. The third-order valence-electron chi connectivity index (χ3n) is 3.47. The van der Waals surface area contributed by atoms with Crippen molar-refractivity contribution in [2.24, 2.45) is 11.8 Å². The van der Waals surface area contributed by atoms with E-state index in [1.807, 2.05) is 13.8 Å². The second-order valence-electron chi connectivity index (χ2n) is 4.56. The monoisotopic (exact) mass is 208 g/mol. The third kappa shape index (κ3) is 2.08. The van der Waals surface area contributed by atoms with Gasteiger partial charge >= 0.3 is 0 Å². The normalized spacial score (nSPS) is 19.7. The molecule has 3 heteroatoms. The summed E-state index contributed by atoms with van der Waals surface area (Å²) in [4.78, 5) is 0. The van der Waals surface area contributed by atoms with Gasteiger partial charge in [-0.2, -0.15) is 0 Å². The Hall–Kier alpha value is -0.800. The molecule has 1 unspecified atom stereocenters. The lowest BCUT2D eigenvalue weighted by Crippen LogP contribution is -2.32. The van der Waals surface area contributed by atoms with Crippen molar-refractivity contribution in [2.45, 2.75) is 45.6 Å². The fourth-order valence-electron chi connectivity index (χ4n) is 2.73. The van der Waals surface area contributed by atoms with Crippen LogP contribution in [0.15, 0.2) is 10.5 Å². The van der Waals surface area contributed by atoms with Crippen LogP contribution in [0, 0.1) is 19.8 Å². The maximum atomic E-state index is 5.67. The predicted molar refractivity (Wildman–Crippen MR) is 60.2 cm³/mol. The first kappa shape index (κ1) is 10.7. The molecule has 84 valence electrons. The van der Waals surface area contributed by atoms with Crippen molar-refractivity contribution >= 4 is 0 Å². The highest BCUT2D eigenvalue weighted by Crippen LogP contribution is 2.37. The maximum Gasteiger partial charge on any atom is 0.105 e. The molecule has 1 heterocycles. The molecule has 3 N–H and O–H groups in total. The van der Waals surface area contributed by atoms with E-state index in [1.54, 1.807) is 0 Å². The zero-order valence-electron chi connectivity index (χ0n) is 9.55. The lowest BCUT2D eigenvalue weighted by atomic mass is 9.92. The molecular weight excluding hydrogens is 188 g/mol. The van der Waals surface area contributed by atoms with E-state index in [9.17, 15) is 0 Å². The number of hydrogen-bond acceptors (Lipinski definition) is 3. The average molecular weight is 208 g/mol. The fourth-order valence-corrected chi connectivity index (χ4v) is 2.73. The van der Waals surface area contributed by atoms with E-state index in [2.05, 4.69) is 11.5 Å². The number of aryl methyl sites for hydroxylation is 2. The van der Waals surface area contributed by atoms with E-state index in [-0.39, 0.29) is 6.04 Å². The summed E-state index contributed by atoms with van der Waals surface area (Å²) < 4.78 is 5.56. The molecule has 3 nitrogen and oxygen atoms in total. The molecule has 1 aliphatic carbocycles. The zero-order chi connectivity index (χ0) is 10.8. The quantitative estimate of drug-likeness (QED) is 0.593. The molecule has 0 aromatic carbocycles. The van der Waals surface area contributed by atoms with E-state index in [1.165, 1.54) is 31.2 Å². The Morgan fingerprint density at radius 2 is 2.07 bits per heavy atom. The number of nitrogens with two attached hydrogens (primary N) is 1. The van der Waals surface area contributed by atoms with Gasteiger partial charge in [-0.3, -0.25) is 11.3 Å². The first-order valence-corrected chi connectivity index (χ1v) is 5.75. The summed E-state index contributed by atoms with van der Waals surface area (Å²) in [7, 11) is 0. The summed E-state index contributed by atoms with van der Waals surface area (Å²) in [6.07, 6.45) is 5.22. The molecule has 15 heavy (non-hydrogen) atoms. The largest absolute Gasteiger partial charge is 0.466 e. The summed E-state index contributed by atoms with van der Waals surface area (Å²) in [5.41, 5.74) is 4.19. The maximum absolute atomic E-state index is 5.67. The molecule has 1 fully saturated rings. The summed E-state index contributed by atoms with van der Waals surface area (Å²) in [6, 6.07) is 2.38. The van der Waals surface area contributed by atoms with E-state index in [4.69, 9.17) is 10.3 Å². The van der Waals surface area contributed by atoms with E-state index < -0.39 is 0 Å². The molecule has 1 aliphatic rings. The molecule has 0 saturated heterocycles. The van der Waals surface area contributed by atoms with Gasteiger partial charge in [-0.25, -0.2) is 0 Å². The molecule has 0 amide bonds. The highest BCUT2D eigenvalue weighted by molar-refractivity contribution is 5.24. The Labute approximate surface area is 91.0 Å². The molecule has 1 aromatic heterocycles. The highest BCUT2D eigenvalue weighted by Gasteiger charge is 2.27. The van der Waals surface area contributed by atoms with Crippen LogP contribution in [-0.2, 0) is 0 Å². The number of furan rings is 1. The predicted octanol–water partition coefficient (Wildman–Crippen LogP) is 2.59. The highest BCUT2D eigenvalue weighted by atomic mass is 16.3. The van der Waals surface area contributed by atoms with Crippen LogP contribution >= 0.6 is 0 Å². The Bertz CT molecular complexity index is 326. The van der Waals surface area contributed by atoms with Crippen LogP contribution in [0.4, 0.5) is 0 Å². The molecule has 2 rings (SSSR count). The molecule has 0 aliphatic heterocycles. The first-order valence-electron chi connectivity index (χ1n) is 5.75. The Balaban J connectivity index is 2.21. The minimum Gasteiger partial charge on any atom is -0.466 e. The Kier molecular flexibility index (Phi) is 3.12. The molecular formula is C12H20N2O. The van der Waals surface area contributed by atoms with E-state index in [0.717, 1.165) is 11.5 Å². The summed E-state index contributed by atoms with van der Waals surface area (Å²) in [5, 5.41) is 0. The van der Waals surface area contributed by atoms with Gasteiger partial charge in [-0.15, -0.1) is 0 Å². The first-order chi connectivity index (χ1) is 7.22. The van der Waals surface area contributed by atoms with Crippen LogP contribution in [0.2, 0.25) is 0 Å². The van der Waals surface area contributed by atoms with Crippen molar-refractivity contribution in [3.05, 3.63) is 23.2 Å². The number of hydrogen-bond donors (Lipinski definition) is 2. The van der Waals surface area contributed by atoms with Crippen LogP contribution in [0.25, 0.3) is 0 Å². The second-order valence-corrected chi connectivity index (χ2v) is 4.56. The van der Waals surface area contributed by atoms with Crippen LogP contribution in [0.5, 0.6) is 0 Å². The minimum atomic E-state index is 0.268. The van der Waals surface area contributed by atoms with Crippen molar-refractivity contribution in [2.75, 3.05) is 0 Å². The van der Waals surface area contributed by atoms with Crippen molar-refractivity contribution in [1.82, 2.24) is 5.43 Å². The van der Waals surface area contributed by atoms with Crippen LogP contribution in [0.1, 0.15) is 48.8 Å². The van der Waals surface area contributed by atoms with Gasteiger partial charge in [0.1, 0.15) is 11.5 Å². The number of rotatable bonds is 3. The van der Waals surface area contributed by atoms with Gasteiger partial charge in [-0.1, -0.05) is 12.8 Å².